The van der Waals surface area contributed by atoms with Crippen molar-refractivity contribution in [3.05, 3.63) is 15.8 Å². The third-order valence-corrected chi connectivity index (χ3v) is 7.21. The Labute approximate surface area is 129 Å². The highest BCUT2D eigenvalue weighted by Crippen LogP contribution is 2.32. The maximum absolute atomic E-state index is 12.9. The van der Waals surface area contributed by atoms with Gasteiger partial charge in [0.05, 0.1) is 4.90 Å². The van der Waals surface area contributed by atoms with E-state index in [0.29, 0.717) is 11.4 Å². The van der Waals surface area contributed by atoms with Crippen molar-refractivity contribution in [3.8, 4) is 0 Å². The minimum absolute atomic E-state index is 0.0186. The van der Waals surface area contributed by atoms with Crippen molar-refractivity contribution in [2.24, 2.45) is 0 Å². The molecule has 0 spiro atoms. The van der Waals surface area contributed by atoms with Crippen LogP contribution in [0.5, 0.6) is 0 Å². The van der Waals surface area contributed by atoms with Gasteiger partial charge in [-0.05, 0) is 32.3 Å². The summed E-state index contributed by atoms with van der Waals surface area (Å²) < 4.78 is 27.4. The molecule has 1 aromatic heterocycles. The van der Waals surface area contributed by atoms with Crippen molar-refractivity contribution >= 4 is 27.3 Å². The summed E-state index contributed by atoms with van der Waals surface area (Å²) in [6.07, 6.45) is 4.63. The van der Waals surface area contributed by atoms with Crippen molar-refractivity contribution in [1.29, 1.82) is 0 Å². The number of carboxylic acids is 1. The summed E-state index contributed by atoms with van der Waals surface area (Å²) in [5.41, 5.74) is 0. The molecule has 5 nitrogen and oxygen atoms in total. The third kappa shape index (κ3) is 3.30. The largest absolute Gasteiger partial charge is 0.477 e. The van der Waals surface area contributed by atoms with Crippen LogP contribution in [0.3, 0.4) is 0 Å². The first-order valence-electron chi connectivity index (χ1n) is 7.23. The van der Waals surface area contributed by atoms with Crippen LogP contribution >= 0.6 is 11.3 Å². The summed E-state index contributed by atoms with van der Waals surface area (Å²) in [5, 5.41) is 9.04. The molecule has 0 bridgehead atoms. The first-order valence-corrected chi connectivity index (χ1v) is 9.49. The zero-order valence-corrected chi connectivity index (χ0v) is 14.0. The van der Waals surface area contributed by atoms with Crippen molar-refractivity contribution in [3.63, 3.8) is 0 Å². The van der Waals surface area contributed by atoms with E-state index in [1.165, 1.54) is 6.07 Å². The van der Waals surface area contributed by atoms with Crippen LogP contribution in [0.4, 0.5) is 0 Å². The molecule has 1 aliphatic rings. The number of carboxylic acid groups (broad SMARTS) is 1. The smallest absolute Gasteiger partial charge is 0.345 e. The average molecular weight is 331 g/mol. The molecule has 0 saturated carbocycles. The highest BCUT2D eigenvalue weighted by atomic mass is 32.2. The van der Waals surface area contributed by atoms with Gasteiger partial charge in [0.15, 0.2) is 0 Å². The highest BCUT2D eigenvalue weighted by Gasteiger charge is 2.33. The van der Waals surface area contributed by atoms with E-state index >= 15 is 0 Å². The zero-order chi connectivity index (χ0) is 15.6. The van der Waals surface area contributed by atoms with Crippen molar-refractivity contribution in [2.75, 3.05) is 6.54 Å². The summed E-state index contributed by atoms with van der Waals surface area (Å²) in [5.74, 6) is -1.08. The van der Waals surface area contributed by atoms with Gasteiger partial charge in [0.2, 0.25) is 10.0 Å². The molecular weight excluding hydrogens is 310 g/mol. The molecule has 1 aliphatic heterocycles. The molecule has 1 unspecified atom stereocenters. The third-order valence-electron chi connectivity index (χ3n) is 3.96. The van der Waals surface area contributed by atoms with Gasteiger partial charge >= 0.3 is 5.97 Å². The van der Waals surface area contributed by atoms with Gasteiger partial charge in [0.1, 0.15) is 4.88 Å². The van der Waals surface area contributed by atoms with Gasteiger partial charge in [-0.3, -0.25) is 0 Å². The number of aryl methyl sites for hydroxylation is 1. The summed E-state index contributed by atoms with van der Waals surface area (Å²) in [6, 6.07) is 1.32. The molecule has 21 heavy (non-hydrogen) atoms. The van der Waals surface area contributed by atoms with Crippen LogP contribution in [0.1, 0.15) is 53.6 Å². The number of hydrogen-bond donors (Lipinski definition) is 1. The second-order valence-corrected chi connectivity index (χ2v) is 8.48. The lowest BCUT2D eigenvalue weighted by Gasteiger charge is -2.28. The molecule has 1 fully saturated rings. The van der Waals surface area contributed by atoms with Gasteiger partial charge in [0.25, 0.3) is 0 Å². The lowest BCUT2D eigenvalue weighted by atomic mass is 10.1. The Kier molecular flexibility index (Phi) is 5.06. The van der Waals surface area contributed by atoms with E-state index in [1.54, 1.807) is 11.2 Å². The van der Waals surface area contributed by atoms with Crippen molar-refractivity contribution in [2.45, 2.75) is 56.9 Å². The molecule has 0 aliphatic carbocycles. The SMILES string of the molecule is CCC1CCCCCN1S(=O)(=O)c1cc(C(=O)O)sc1C. The number of hydrogen-bond acceptors (Lipinski definition) is 4. The molecule has 2 heterocycles. The number of thiophene rings is 1. The van der Waals surface area contributed by atoms with Gasteiger partial charge < -0.3 is 5.11 Å². The molecule has 118 valence electrons. The normalized spacial score (nSPS) is 21.1. The van der Waals surface area contributed by atoms with Gasteiger partial charge in [0, 0.05) is 17.5 Å². The zero-order valence-electron chi connectivity index (χ0n) is 12.3. The maximum Gasteiger partial charge on any atom is 0.345 e. The minimum Gasteiger partial charge on any atom is -0.477 e. The van der Waals surface area contributed by atoms with Crippen LogP contribution in [0.25, 0.3) is 0 Å². The molecule has 7 heteroatoms. The van der Waals surface area contributed by atoms with E-state index in [9.17, 15) is 13.2 Å². The Balaban J connectivity index is 2.42. The topological polar surface area (TPSA) is 74.7 Å². The maximum atomic E-state index is 12.9. The minimum atomic E-state index is -3.61. The van der Waals surface area contributed by atoms with Gasteiger partial charge in [-0.2, -0.15) is 4.31 Å². The molecule has 0 aromatic carbocycles. The molecule has 0 radical (unpaired) electrons. The van der Waals surface area contributed by atoms with E-state index in [-0.39, 0.29) is 15.8 Å². The Bertz CT molecular complexity index is 621. The fraction of sp³-hybridized carbons (Fsp3) is 0.643. The summed E-state index contributed by atoms with van der Waals surface area (Å²) in [4.78, 5) is 11.8. The number of nitrogens with zero attached hydrogens (tertiary/aromatic N) is 1. The molecule has 1 saturated heterocycles. The fourth-order valence-corrected chi connectivity index (χ4v) is 6.00. The molecule has 2 rings (SSSR count). The van der Waals surface area contributed by atoms with Crippen LogP contribution in [-0.4, -0.2) is 36.4 Å². The van der Waals surface area contributed by atoms with Gasteiger partial charge in [-0.1, -0.05) is 19.8 Å². The van der Waals surface area contributed by atoms with E-state index in [4.69, 9.17) is 5.11 Å². The molecule has 0 amide bonds. The number of aromatic carboxylic acids is 1. The van der Waals surface area contributed by atoms with Gasteiger partial charge in [-0.25, -0.2) is 13.2 Å². The summed E-state index contributed by atoms with van der Waals surface area (Å²) in [6.45, 7) is 4.20. The number of sulfonamides is 1. The number of carbonyl (C=O) groups is 1. The molecular formula is C14H21NO4S2. The first kappa shape index (κ1) is 16.5. The lowest BCUT2D eigenvalue weighted by molar-refractivity contribution is 0.0702. The van der Waals surface area contributed by atoms with Crippen molar-refractivity contribution < 1.29 is 18.3 Å². The van der Waals surface area contributed by atoms with E-state index in [0.717, 1.165) is 43.4 Å². The molecule has 1 N–H and O–H groups in total. The predicted molar refractivity (Wildman–Crippen MR) is 82.5 cm³/mol. The summed E-state index contributed by atoms with van der Waals surface area (Å²) in [7, 11) is -3.61. The predicted octanol–water partition coefficient (Wildman–Crippen LogP) is 3.10. The Morgan fingerprint density at radius 1 is 1.43 bits per heavy atom. The van der Waals surface area contributed by atoms with Crippen LogP contribution in [0, 0.1) is 6.92 Å². The Hall–Kier alpha value is -0.920. The standard InChI is InChI=1S/C14H21NO4S2/c1-3-11-7-5-4-6-8-15(11)21(18,19)13-9-12(14(16)17)20-10(13)2/h9,11H,3-8H2,1-2H3,(H,16,17). The monoisotopic (exact) mass is 331 g/mol. The van der Waals surface area contributed by atoms with Crippen LogP contribution in [0.2, 0.25) is 0 Å². The van der Waals surface area contributed by atoms with Crippen LogP contribution in [0.15, 0.2) is 11.0 Å². The number of rotatable bonds is 4. The van der Waals surface area contributed by atoms with E-state index in [2.05, 4.69) is 0 Å². The quantitative estimate of drug-likeness (QED) is 0.920. The summed E-state index contributed by atoms with van der Waals surface area (Å²) >= 11 is 1.02. The molecule has 1 atom stereocenters. The fourth-order valence-electron chi connectivity index (χ4n) is 2.83. The second-order valence-electron chi connectivity index (χ2n) is 5.36. The Morgan fingerprint density at radius 2 is 2.14 bits per heavy atom. The molecule has 1 aromatic rings. The highest BCUT2D eigenvalue weighted by molar-refractivity contribution is 7.89. The van der Waals surface area contributed by atoms with Crippen LogP contribution < -0.4 is 0 Å². The Morgan fingerprint density at radius 3 is 2.71 bits per heavy atom. The lowest BCUT2D eigenvalue weighted by Crippen LogP contribution is -2.39. The van der Waals surface area contributed by atoms with Crippen LogP contribution in [-0.2, 0) is 10.0 Å². The second kappa shape index (κ2) is 6.46. The van der Waals surface area contributed by atoms with E-state index in [1.807, 2.05) is 6.92 Å². The van der Waals surface area contributed by atoms with Gasteiger partial charge in [-0.15, -0.1) is 11.3 Å². The average Bonchev–Trinajstić information content (AvgIpc) is 2.68. The van der Waals surface area contributed by atoms with Crippen molar-refractivity contribution in [1.82, 2.24) is 4.31 Å². The first-order chi connectivity index (χ1) is 9.87. The van der Waals surface area contributed by atoms with E-state index < -0.39 is 16.0 Å².